The topological polar surface area (TPSA) is 93.7 Å². The van der Waals surface area contributed by atoms with Crippen LogP contribution >= 0.6 is 0 Å². The Labute approximate surface area is 135 Å². The lowest BCUT2D eigenvalue weighted by Gasteiger charge is -2.09. The van der Waals surface area contributed by atoms with Crippen LogP contribution in [0.25, 0.3) is 0 Å². The fourth-order valence-electron chi connectivity index (χ4n) is 1.59. The van der Waals surface area contributed by atoms with E-state index >= 15 is 0 Å². The molecule has 0 atom stereocenters. The summed E-state index contributed by atoms with van der Waals surface area (Å²) >= 11 is 0. The van der Waals surface area contributed by atoms with Crippen LogP contribution < -0.4 is 15.4 Å². The van der Waals surface area contributed by atoms with Gasteiger partial charge in [0.05, 0.1) is 6.61 Å². The summed E-state index contributed by atoms with van der Waals surface area (Å²) in [7, 11) is 0. The largest absolute Gasteiger partial charge is 0.513 e. The minimum Gasteiger partial charge on any atom is -0.434 e. The molecule has 0 aliphatic carbocycles. The Balaban J connectivity index is 2.39. The molecule has 0 fully saturated rings. The van der Waals surface area contributed by atoms with Crippen LogP contribution in [-0.2, 0) is 9.53 Å². The smallest absolute Gasteiger partial charge is 0.434 e. The second-order valence-corrected chi connectivity index (χ2v) is 5.01. The molecular formula is C16H22N2O5. The minimum atomic E-state index is -0.786. The number of rotatable bonds is 7. The van der Waals surface area contributed by atoms with Crippen LogP contribution in [0.2, 0.25) is 0 Å². The highest BCUT2D eigenvalue weighted by atomic mass is 16.7. The van der Waals surface area contributed by atoms with Gasteiger partial charge >= 0.3 is 6.16 Å². The van der Waals surface area contributed by atoms with Gasteiger partial charge in [-0.3, -0.25) is 9.59 Å². The summed E-state index contributed by atoms with van der Waals surface area (Å²) in [6.07, 6.45) is -0.786. The van der Waals surface area contributed by atoms with Gasteiger partial charge < -0.3 is 20.1 Å². The Morgan fingerprint density at radius 2 is 1.65 bits per heavy atom. The first-order valence-corrected chi connectivity index (χ1v) is 7.44. The zero-order valence-electron chi connectivity index (χ0n) is 13.5. The Hall–Kier alpha value is -2.57. The number of hydrogen-bond donors (Lipinski definition) is 2. The molecule has 7 heteroatoms. The van der Waals surface area contributed by atoms with Crippen molar-refractivity contribution in [3.63, 3.8) is 0 Å². The SMILES string of the molecule is CCOC(=O)Oc1ccc(C(=O)NCCNC(=O)C(C)C)cc1. The van der Waals surface area contributed by atoms with E-state index in [4.69, 9.17) is 4.74 Å². The lowest BCUT2D eigenvalue weighted by molar-refractivity contribution is -0.123. The molecule has 1 rings (SSSR count). The molecule has 0 spiro atoms. The van der Waals surface area contributed by atoms with Gasteiger partial charge in [0, 0.05) is 24.6 Å². The standard InChI is InChI=1S/C16H22N2O5/c1-4-22-16(21)23-13-7-5-12(6-8-13)15(20)18-10-9-17-14(19)11(2)3/h5-8,11H,4,9-10H2,1-3H3,(H,17,19)(H,18,20). The normalized spacial score (nSPS) is 10.1. The Morgan fingerprint density at radius 3 is 2.22 bits per heavy atom. The highest BCUT2D eigenvalue weighted by Gasteiger charge is 2.09. The molecule has 0 radical (unpaired) electrons. The van der Waals surface area contributed by atoms with E-state index in [0.29, 0.717) is 24.4 Å². The third-order valence-electron chi connectivity index (χ3n) is 2.81. The van der Waals surface area contributed by atoms with Gasteiger partial charge in [-0.2, -0.15) is 0 Å². The maximum absolute atomic E-state index is 11.9. The Bertz CT molecular complexity index is 540. The number of benzene rings is 1. The van der Waals surface area contributed by atoms with E-state index in [1.165, 1.54) is 24.3 Å². The molecule has 1 aromatic rings. The van der Waals surface area contributed by atoms with Crippen molar-refractivity contribution < 1.29 is 23.9 Å². The average molecular weight is 322 g/mol. The average Bonchev–Trinajstić information content (AvgIpc) is 2.51. The zero-order valence-corrected chi connectivity index (χ0v) is 13.5. The van der Waals surface area contributed by atoms with E-state index in [-0.39, 0.29) is 24.3 Å². The number of carbonyl (C=O) groups excluding carboxylic acids is 3. The number of carbonyl (C=O) groups is 3. The third-order valence-corrected chi connectivity index (χ3v) is 2.81. The molecule has 2 amide bonds. The summed E-state index contributed by atoms with van der Waals surface area (Å²) in [5, 5.41) is 5.39. The number of ether oxygens (including phenoxy) is 2. The molecule has 7 nitrogen and oxygen atoms in total. The third kappa shape index (κ3) is 6.82. The summed E-state index contributed by atoms with van der Waals surface area (Å²) in [6, 6.07) is 6.09. The fourth-order valence-corrected chi connectivity index (χ4v) is 1.59. The molecule has 126 valence electrons. The molecular weight excluding hydrogens is 300 g/mol. The van der Waals surface area contributed by atoms with E-state index in [9.17, 15) is 14.4 Å². The van der Waals surface area contributed by atoms with Gasteiger partial charge in [0.15, 0.2) is 0 Å². The van der Waals surface area contributed by atoms with Gasteiger partial charge in [-0.05, 0) is 31.2 Å². The van der Waals surface area contributed by atoms with E-state index in [0.717, 1.165) is 0 Å². The Kier molecular flexibility index (Phi) is 7.59. The summed E-state index contributed by atoms with van der Waals surface area (Å²) in [5.74, 6) is -0.118. The molecule has 0 saturated heterocycles. The van der Waals surface area contributed by atoms with Gasteiger partial charge in [-0.15, -0.1) is 0 Å². The van der Waals surface area contributed by atoms with Crippen molar-refractivity contribution in [1.82, 2.24) is 10.6 Å². The first-order valence-electron chi connectivity index (χ1n) is 7.44. The van der Waals surface area contributed by atoms with Gasteiger partial charge in [0.25, 0.3) is 5.91 Å². The first kappa shape index (κ1) is 18.5. The van der Waals surface area contributed by atoms with Crippen LogP contribution in [-0.4, -0.2) is 37.7 Å². The molecule has 23 heavy (non-hydrogen) atoms. The van der Waals surface area contributed by atoms with E-state index in [1.54, 1.807) is 20.8 Å². The van der Waals surface area contributed by atoms with Crippen molar-refractivity contribution in [2.75, 3.05) is 19.7 Å². The van der Waals surface area contributed by atoms with Crippen LogP contribution in [0.15, 0.2) is 24.3 Å². The van der Waals surface area contributed by atoms with Crippen molar-refractivity contribution in [3.8, 4) is 5.75 Å². The highest BCUT2D eigenvalue weighted by molar-refractivity contribution is 5.94. The van der Waals surface area contributed by atoms with Crippen LogP contribution in [0.1, 0.15) is 31.1 Å². The second kappa shape index (κ2) is 9.45. The van der Waals surface area contributed by atoms with Crippen LogP contribution in [0.3, 0.4) is 0 Å². The molecule has 1 aromatic carbocycles. The predicted octanol–water partition coefficient (Wildman–Crippen LogP) is 1.72. The van der Waals surface area contributed by atoms with Gasteiger partial charge in [0.2, 0.25) is 5.91 Å². The van der Waals surface area contributed by atoms with Crippen molar-refractivity contribution in [3.05, 3.63) is 29.8 Å². The molecule has 0 aliphatic rings. The molecule has 0 saturated carbocycles. The van der Waals surface area contributed by atoms with Gasteiger partial charge in [-0.1, -0.05) is 13.8 Å². The van der Waals surface area contributed by atoms with Crippen LogP contribution in [0, 0.1) is 5.92 Å². The Morgan fingerprint density at radius 1 is 1.04 bits per heavy atom. The minimum absolute atomic E-state index is 0.0558. The number of nitrogens with one attached hydrogen (secondary N) is 2. The highest BCUT2D eigenvalue weighted by Crippen LogP contribution is 2.12. The second-order valence-electron chi connectivity index (χ2n) is 5.01. The first-order chi connectivity index (χ1) is 10.9. The maximum atomic E-state index is 11.9. The molecule has 0 aliphatic heterocycles. The van der Waals surface area contributed by atoms with E-state index < -0.39 is 6.16 Å². The monoisotopic (exact) mass is 322 g/mol. The van der Waals surface area contributed by atoms with Crippen molar-refractivity contribution >= 4 is 18.0 Å². The van der Waals surface area contributed by atoms with E-state index in [1.807, 2.05) is 0 Å². The molecule has 0 aromatic heterocycles. The summed E-state index contributed by atoms with van der Waals surface area (Å²) in [5.41, 5.74) is 0.427. The van der Waals surface area contributed by atoms with Crippen LogP contribution in [0.4, 0.5) is 4.79 Å². The van der Waals surface area contributed by atoms with Crippen LogP contribution in [0.5, 0.6) is 5.75 Å². The quantitative estimate of drug-likeness (QED) is 0.453. The molecule has 0 heterocycles. The van der Waals surface area contributed by atoms with Crippen molar-refractivity contribution in [2.24, 2.45) is 5.92 Å². The summed E-state index contributed by atoms with van der Waals surface area (Å²) in [6.45, 7) is 6.21. The summed E-state index contributed by atoms with van der Waals surface area (Å²) < 4.78 is 9.55. The van der Waals surface area contributed by atoms with E-state index in [2.05, 4.69) is 15.4 Å². The molecule has 0 unspecified atom stereocenters. The predicted molar refractivity (Wildman–Crippen MR) is 84.3 cm³/mol. The maximum Gasteiger partial charge on any atom is 0.513 e. The molecule has 0 bridgehead atoms. The number of amides is 2. The fraction of sp³-hybridized carbons (Fsp3) is 0.438. The zero-order chi connectivity index (χ0) is 17.2. The number of hydrogen-bond acceptors (Lipinski definition) is 5. The lowest BCUT2D eigenvalue weighted by atomic mass is 10.2. The van der Waals surface area contributed by atoms with Crippen molar-refractivity contribution in [1.29, 1.82) is 0 Å². The van der Waals surface area contributed by atoms with Gasteiger partial charge in [-0.25, -0.2) is 4.79 Å². The summed E-state index contributed by atoms with van der Waals surface area (Å²) in [4.78, 5) is 34.4. The van der Waals surface area contributed by atoms with Crippen molar-refractivity contribution in [2.45, 2.75) is 20.8 Å². The van der Waals surface area contributed by atoms with Gasteiger partial charge in [0.1, 0.15) is 5.75 Å². The lowest BCUT2D eigenvalue weighted by Crippen LogP contribution is -2.36. The molecule has 2 N–H and O–H groups in total.